The molecular weight excluding hydrogens is 577 g/mol. The van der Waals surface area contributed by atoms with Gasteiger partial charge in [-0.1, -0.05) is 143 Å². The first-order valence-electron chi connectivity index (χ1n) is 15.6. The van der Waals surface area contributed by atoms with Gasteiger partial charge in [-0.2, -0.15) is 0 Å². The average Bonchev–Trinajstić information content (AvgIpc) is 3.04. The van der Waals surface area contributed by atoms with Crippen LogP contribution in [0.4, 0.5) is 0 Å². The fourth-order valence-corrected chi connectivity index (χ4v) is 7.60. The number of carbonyl (C=O) groups is 3. The van der Waals surface area contributed by atoms with E-state index in [-0.39, 0.29) is 11.8 Å². The van der Waals surface area contributed by atoms with Crippen molar-refractivity contribution >= 4 is 41.6 Å². The molecule has 234 valence electrons. The number of amides is 3. The molecule has 0 aliphatic carbocycles. The van der Waals surface area contributed by atoms with Gasteiger partial charge >= 0.3 is 0 Å². The minimum atomic E-state index is -1.04. The molecule has 0 aliphatic rings. The highest BCUT2D eigenvalue weighted by Gasteiger charge is 2.36. The zero-order valence-electron chi connectivity index (χ0n) is 26.6. The number of hydrogen-bond acceptors (Lipinski definition) is 3. The highest BCUT2D eigenvalue weighted by atomic mass is 31.1. The van der Waals surface area contributed by atoms with E-state index in [9.17, 15) is 14.4 Å². The van der Waals surface area contributed by atoms with E-state index in [1.165, 1.54) is 0 Å². The summed E-state index contributed by atoms with van der Waals surface area (Å²) < 4.78 is 0. The van der Waals surface area contributed by atoms with Gasteiger partial charge in [-0.3, -0.25) is 14.4 Å². The number of unbranched alkanes of at least 4 members (excludes halogenated alkanes) is 1. The van der Waals surface area contributed by atoms with Crippen molar-refractivity contribution < 1.29 is 14.4 Å². The largest absolute Gasteiger partial charge is 0.354 e. The topological polar surface area (TPSA) is 87.3 Å². The Morgan fingerprint density at radius 3 is 1.78 bits per heavy atom. The van der Waals surface area contributed by atoms with Crippen LogP contribution >= 0.6 is 7.92 Å². The van der Waals surface area contributed by atoms with Crippen LogP contribution in [-0.2, 0) is 16.0 Å². The van der Waals surface area contributed by atoms with Gasteiger partial charge in [0.2, 0.25) is 11.8 Å². The lowest BCUT2D eigenvalue weighted by Crippen LogP contribution is -2.58. The normalized spacial score (nSPS) is 12.6. The maximum atomic E-state index is 14.1. The lowest BCUT2D eigenvalue weighted by Gasteiger charge is -2.32. The van der Waals surface area contributed by atoms with Gasteiger partial charge in [0.25, 0.3) is 5.91 Å². The Bertz CT molecular complexity index is 1500. The van der Waals surface area contributed by atoms with Crippen LogP contribution in [0, 0.1) is 5.41 Å². The predicted octanol–water partition coefficient (Wildman–Crippen LogP) is 5.23. The van der Waals surface area contributed by atoms with E-state index in [0.717, 1.165) is 34.3 Å². The Kier molecular flexibility index (Phi) is 12.1. The van der Waals surface area contributed by atoms with Crippen LogP contribution in [0.1, 0.15) is 56.5 Å². The summed E-state index contributed by atoms with van der Waals surface area (Å²) in [5, 5.41) is 12.2. The summed E-state index contributed by atoms with van der Waals surface area (Å²) in [6.45, 7) is 8.35. The molecule has 0 aromatic heterocycles. The minimum absolute atomic E-state index is 0.235. The molecule has 0 saturated carbocycles. The van der Waals surface area contributed by atoms with E-state index < -0.39 is 31.3 Å². The monoisotopic (exact) mass is 621 g/mol. The van der Waals surface area contributed by atoms with Crippen LogP contribution in [0.25, 0.3) is 0 Å². The van der Waals surface area contributed by atoms with E-state index in [2.05, 4.69) is 47.1 Å². The van der Waals surface area contributed by atoms with Crippen molar-refractivity contribution in [3.05, 3.63) is 126 Å². The Labute approximate surface area is 268 Å². The first-order valence-corrected chi connectivity index (χ1v) is 17.0. The lowest BCUT2D eigenvalue weighted by molar-refractivity contribution is -0.131. The molecule has 45 heavy (non-hydrogen) atoms. The van der Waals surface area contributed by atoms with E-state index in [0.29, 0.717) is 18.5 Å². The third-order valence-electron chi connectivity index (χ3n) is 7.57. The quantitative estimate of drug-likeness (QED) is 0.141. The first-order chi connectivity index (χ1) is 21.7. The summed E-state index contributed by atoms with van der Waals surface area (Å²) in [7, 11) is -1.04. The van der Waals surface area contributed by atoms with Crippen molar-refractivity contribution in [3.8, 4) is 0 Å². The van der Waals surface area contributed by atoms with Crippen molar-refractivity contribution in [1.29, 1.82) is 0 Å². The second kappa shape index (κ2) is 16.2. The maximum Gasteiger partial charge on any atom is 0.252 e. The highest BCUT2D eigenvalue weighted by Crippen LogP contribution is 2.34. The second-order valence-corrected chi connectivity index (χ2v) is 14.4. The second-order valence-electron chi connectivity index (χ2n) is 12.2. The molecule has 3 amide bonds. The molecule has 0 unspecified atom stereocenters. The summed E-state index contributed by atoms with van der Waals surface area (Å²) in [6.07, 6.45) is 2.15. The third-order valence-corrected chi connectivity index (χ3v) is 10.1. The summed E-state index contributed by atoms with van der Waals surface area (Å²) in [5.41, 5.74) is 0.833. The Hall–Kier alpha value is -4.28. The SMILES string of the molecule is CCCCNC(=O)[C@H](Cc1ccccc1)NC(=O)[C@@H](NC(=O)c1ccccc1P(c1ccccc1)c1ccccc1)C(C)(C)C. The molecular formula is C38H44N3O3P. The minimum Gasteiger partial charge on any atom is -0.354 e. The van der Waals surface area contributed by atoms with Crippen LogP contribution < -0.4 is 31.9 Å². The first kappa shape index (κ1) is 33.6. The van der Waals surface area contributed by atoms with Gasteiger partial charge < -0.3 is 16.0 Å². The van der Waals surface area contributed by atoms with Crippen LogP contribution in [0.5, 0.6) is 0 Å². The number of nitrogens with one attached hydrogen (secondary N) is 3. The summed E-state index contributed by atoms with van der Waals surface area (Å²) in [4.78, 5) is 41.3. The molecule has 4 aromatic carbocycles. The van der Waals surface area contributed by atoms with Crippen molar-refractivity contribution in [1.82, 2.24) is 16.0 Å². The summed E-state index contributed by atoms with van der Waals surface area (Å²) in [6, 6.07) is 36.0. The lowest BCUT2D eigenvalue weighted by atomic mass is 9.85. The fourth-order valence-electron chi connectivity index (χ4n) is 5.15. The Morgan fingerprint density at radius 1 is 0.689 bits per heavy atom. The predicted molar refractivity (Wildman–Crippen MR) is 186 cm³/mol. The summed E-state index contributed by atoms with van der Waals surface area (Å²) >= 11 is 0. The van der Waals surface area contributed by atoms with Gasteiger partial charge in [-0.25, -0.2) is 0 Å². The zero-order chi connectivity index (χ0) is 32.2. The standard InChI is InChI=1S/C38H44N3O3P/c1-5-6-26-39-36(43)32(27-28-18-10-7-11-19-28)40-37(44)34(38(2,3)4)41-35(42)31-24-16-17-25-33(31)45(29-20-12-8-13-21-29)30-22-14-9-15-23-30/h7-25,32,34H,5-6,26-27H2,1-4H3,(H,39,43)(H,40,44)(H,41,42)/t32-,34+/m0/s1. The fraction of sp³-hybridized carbons (Fsp3) is 0.289. The molecule has 2 atom stereocenters. The van der Waals surface area contributed by atoms with E-state index in [1.807, 2.05) is 112 Å². The van der Waals surface area contributed by atoms with Crippen molar-refractivity contribution in [3.63, 3.8) is 0 Å². The molecule has 7 heteroatoms. The molecule has 0 saturated heterocycles. The van der Waals surface area contributed by atoms with Crippen LogP contribution in [0.15, 0.2) is 115 Å². The molecule has 0 bridgehead atoms. The van der Waals surface area contributed by atoms with Crippen LogP contribution in [-0.4, -0.2) is 36.3 Å². The maximum absolute atomic E-state index is 14.1. The van der Waals surface area contributed by atoms with Crippen molar-refractivity contribution in [2.45, 2.75) is 59.0 Å². The third kappa shape index (κ3) is 9.36. The summed E-state index contributed by atoms with van der Waals surface area (Å²) in [5.74, 6) is -0.957. The molecule has 0 radical (unpaired) electrons. The van der Waals surface area contributed by atoms with Gasteiger partial charge in [0.05, 0.1) is 0 Å². The van der Waals surface area contributed by atoms with Crippen LogP contribution in [0.2, 0.25) is 0 Å². The molecule has 0 spiro atoms. The van der Waals surface area contributed by atoms with Gasteiger partial charge in [-0.05, 0) is 47.3 Å². The van der Waals surface area contributed by atoms with Crippen LogP contribution in [0.3, 0.4) is 0 Å². The molecule has 4 rings (SSSR count). The molecule has 3 N–H and O–H groups in total. The Balaban J connectivity index is 1.63. The number of carbonyl (C=O) groups excluding carboxylic acids is 3. The number of rotatable bonds is 13. The molecule has 6 nitrogen and oxygen atoms in total. The van der Waals surface area contributed by atoms with E-state index >= 15 is 0 Å². The van der Waals surface area contributed by atoms with E-state index in [1.54, 1.807) is 0 Å². The smallest absolute Gasteiger partial charge is 0.252 e. The average molecular weight is 622 g/mol. The molecule has 4 aromatic rings. The molecule has 0 fully saturated rings. The number of benzene rings is 4. The molecule has 0 heterocycles. The number of hydrogen-bond donors (Lipinski definition) is 3. The van der Waals surface area contributed by atoms with Gasteiger partial charge in [0.15, 0.2) is 0 Å². The van der Waals surface area contributed by atoms with Gasteiger partial charge in [-0.15, -0.1) is 0 Å². The highest BCUT2D eigenvalue weighted by molar-refractivity contribution is 7.80. The zero-order valence-corrected chi connectivity index (χ0v) is 27.5. The van der Waals surface area contributed by atoms with E-state index in [4.69, 9.17) is 0 Å². The van der Waals surface area contributed by atoms with Gasteiger partial charge in [0, 0.05) is 18.5 Å². The van der Waals surface area contributed by atoms with Crippen molar-refractivity contribution in [2.24, 2.45) is 5.41 Å². The molecule has 0 aliphatic heterocycles. The Morgan fingerprint density at radius 2 is 1.22 bits per heavy atom. The van der Waals surface area contributed by atoms with Gasteiger partial charge in [0.1, 0.15) is 12.1 Å². The van der Waals surface area contributed by atoms with Crippen molar-refractivity contribution in [2.75, 3.05) is 6.54 Å².